The first-order valence-corrected chi connectivity index (χ1v) is 7.80. The molecule has 8 nitrogen and oxygen atoms in total. The van der Waals surface area contributed by atoms with Crippen molar-refractivity contribution >= 4 is 23.0 Å². The van der Waals surface area contributed by atoms with Gasteiger partial charge in [0.05, 0.1) is 17.6 Å². The van der Waals surface area contributed by atoms with Crippen LogP contribution in [-0.4, -0.2) is 53.1 Å². The minimum Gasteiger partial charge on any atom is -0.448 e. The van der Waals surface area contributed by atoms with Gasteiger partial charge in [-0.1, -0.05) is 12.1 Å². The second kappa shape index (κ2) is 7.12. The Balaban J connectivity index is 1.50. The molecule has 1 aliphatic rings. The molecule has 0 saturated carbocycles. The predicted octanol–water partition coefficient (Wildman–Crippen LogP) is 0.424. The number of aromatic nitrogens is 2. The molecule has 2 heterocycles. The van der Waals surface area contributed by atoms with Gasteiger partial charge >= 0.3 is 6.09 Å². The highest BCUT2D eigenvalue weighted by atomic mass is 16.6. The number of carbonyl (C=O) groups is 2. The highest BCUT2D eigenvalue weighted by Crippen LogP contribution is 2.07. The lowest BCUT2D eigenvalue weighted by molar-refractivity contribution is -0.121. The van der Waals surface area contributed by atoms with Crippen LogP contribution in [0.15, 0.2) is 29.1 Å². The first-order valence-electron chi connectivity index (χ1n) is 7.80. The van der Waals surface area contributed by atoms with Gasteiger partial charge in [-0.05, 0) is 12.1 Å². The van der Waals surface area contributed by atoms with E-state index in [0.29, 0.717) is 43.0 Å². The van der Waals surface area contributed by atoms with E-state index in [1.165, 1.54) is 4.90 Å². The minimum atomic E-state index is -0.351. The summed E-state index contributed by atoms with van der Waals surface area (Å²) in [6.07, 6.45) is 0.0764. The first kappa shape index (κ1) is 16.0. The Hall–Kier alpha value is -2.90. The summed E-state index contributed by atoms with van der Waals surface area (Å²) in [6, 6.07) is 7.25. The molecule has 0 atom stereocenters. The molecule has 126 valence electrons. The molecule has 0 bridgehead atoms. The molecule has 1 aliphatic heterocycles. The smallest absolute Gasteiger partial charge is 0.409 e. The molecule has 3 rings (SSSR count). The minimum absolute atomic E-state index is 0.166. The number of hydrogen-bond acceptors (Lipinski definition) is 5. The molecule has 0 spiro atoms. The van der Waals surface area contributed by atoms with Crippen LogP contribution in [0.5, 0.6) is 0 Å². The van der Waals surface area contributed by atoms with Crippen molar-refractivity contribution in [2.75, 3.05) is 26.2 Å². The molecule has 1 aromatic carbocycles. The highest BCUT2D eigenvalue weighted by Gasteiger charge is 2.21. The number of rotatable bonds is 6. The van der Waals surface area contributed by atoms with Gasteiger partial charge in [-0.3, -0.25) is 9.59 Å². The van der Waals surface area contributed by atoms with Crippen molar-refractivity contribution in [2.24, 2.45) is 0 Å². The molecule has 1 saturated heterocycles. The number of cyclic esters (lactones) is 1. The molecule has 0 unspecified atom stereocenters. The zero-order valence-corrected chi connectivity index (χ0v) is 13.1. The fraction of sp³-hybridized carbons (Fsp3) is 0.375. The van der Waals surface area contributed by atoms with Crippen LogP contribution >= 0.6 is 0 Å². The molecule has 2 N–H and O–H groups in total. The number of nitrogens with zero attached hydrogens (tertiary/aromatic N) is 2. The summed E-state index contributed by atoms with van der Waals surface area (Å²) in [4.78, 5) is 43.7. The second-order valence-corrected chi connectivity index (χ2v) is 5.48. The van der Waals surface area contributed by atoms with Crippen LogP contribution in [0.3, 0.4) is 0 Å². The summed E-state index contributed by atoms with van der Waals surface area (Å²) >= 11 is 0. The Morgan fingerprint density at radius 2 is 2.17 bits per heavy atom. The molecular formula is C16H18N4O4. The fourth-order valence-electron chi connectivity index (χ4n) is 2.52. The van der Waals surface area contributed by atoms with E-state index < -0.39 is 0 Å². The number of hydrogen-bond donors (Lipinski definition) is 2. The van der Waals surface area contributed by atoms with Crippen molar-refractivity contribution in [1.82, 2.24) is 20.2 Å². The lowest BCUT2D eigenvalue weighted by Crippen LogP contribution is -2.35. The van der Waals surface area contributed by atoms with E-state index in [0.717, 1.165) is 0 Å². The van der Waals surface area contributed by atoms with Gasteiger partial charge in [-0.2, -0.15) is 0 Å². The third-order valence-corrected chi connectivity index (χ3v) is 3.81. The maximum atomic E-state index is 12.0. The van der Waals surface area contributed by atoms with Crippen LogP contribution in [0.2, 0.25) is 0 Å². The lowest BCUT2D eigenvalue weighted by Gasteiger charge is -2.12. The van der Waals surface area contributed by atoms with Crippen molar-refractivity contribution in [3.63, 3.8) is 0 Å². The summed E-state index contributed by atoms with van der Waals surface area (Å²) in [5.74, 6) is -0.183. The van der Waals surface area contributed by atoms with E-state index in [1.807, 2.05) is 18.2 Å². The molecule has 0 radical (unpaired) electrons. The predicted molar refractivity (Wildman–Crippen MR) is 86.6 cm³/mol. The lowest BCUT2D eigenvalue weighted by atomic mass is 10.2. The second-order valence-electron chi connectivity index (χ2n) is 5.48. The van der Waals surface area contributed by atoms with Gasteiger partial charge in [-0.15, -0.1) is 0 Å². The number of nitrogens with one attached hydrogen (secondary N) is 2. The third-order valence-electron chi connectivity index (χ3n) is 3.81. The Labute approximate surface area is 137 Å². The summed E-state index contributed by atoms with van der Waals surface area (Å²) in [7, 11) is 0. The number of para-hydroxylation sites is 2. The third kappa shape index (κ3) is 3.70. The van der Waals surface area contributed by atoms with Crippen LogP contribution in [0, 0.1) is 0 Å². The van der Waals surface area contributed by atoms with Crippen LogP contribution in [0.25, 0.3) is 11.0 Å². The molecular weight excluding hydrogens is 312 g/mol. The maximum Gasteiger partial charge on any atom is 0.409 e. The van der Waals surface area contributed by atoms with Gasteiger partial charge in [0.1, 0.15) is 12.3 Å². The van der Waals surface area contributed by atoms with Crippen LogP contribution in [0.4, 0.5) is 4.79 Å². The normalized spacial score (nSPS) is 14.0. The van der Waals surface area contributed by atoms with Crippen LogP contribution in [-0.2, 0) is 16.0 Å². The average Bonchev–Trinajstić information content (AvgIpc) is 2.98. The van der Waals surface area contributed by atoms with Gasteiger partial charge in [0.25, 0.3) is 5.56 Å². The topological polar surface area (TPSA) is 104 Å². The van der Waals surface area contributed by atoms with Crippen molar-refractivity contribution < 1.29 is 14.3 Å². The molecule has 1 aromatic heterocycles. The average molecular weight is 330 g/mol. The SMILES string of the molecule is O=C(CCc1nc2ccccc2[nH]c1=O)NCCN1CCOC1=O. The van der Waals surface area contributed by atoms with Crippen molar-refractivity contribution in [1.29, 1.82) is 0 Å². The standard InChI is InChI=1S/C16H18N4O4/c21-14(17-7-8-20-9-10-24-16(20)23)6-5-13-15(22)19-12-4-2-1-3-11(12)18-13/h1-4H,5-10H2,(H,17,21)(H,19,22). The van der Waals surface area contributed by atoms with Crippen LogP contribution in [0.1, 0.15) is 12.1 Å². The monoisotopic (exact) mass is 330 g/mol. The van der Waals surface area contributed by atoms with Gasteiger partial charge in [0.15, 0.2) is 0 Å². The van der Waals surface area contributed by atoms with Gasteiger partial charge in [0, 0.05) is 25.9 Å². The van der Waals surface area contributed by atoms with E-state index in [1.54, 1.807) is 6.07 Å². The molecule has 2 aromatic rings. The molecule has 1 fully saturated rings. The summed E-state index contributed by atoms with van der Waals surface area (Å²) < 4.78 is 4.80. The summed E-state index contributed by atoms with van der Waals surface area (Å²) in [6.45, 7) is 1.71. The van der Waals surface area contributed by atoms with E-state index in [9.17, 15) is 14.4 Å². The van der Waals surface area contributed by atoms with Crippen LogP contribution < -0.4 is 10.9 Å². The first-order chi connectivity index (χ1) is 11.6. The van der Waals surface area contributed by atoms with E-state index >= 15 is 0 Å². The Kier molecular flexibility index (Phi) is 4.74. The Bertz CT molecular complexity index is 817. The number of aryl methyl sites for hydroxylation is 1. The van der Waals surface area contributed by atoms with Gasteiger partial charge < -0.3 is 19.9 Å². The van der Waals surface area contributed by atoms with E-state index in [2.05, 4.69) is 15.3 Å². The number of aromatic amines is 1. The largest absolute Gasteiger partial charge is 0.448 e. The quantitative estimate of drug-likeness (QED) is 0.799. The maximum absolute atomic E-state index is 12.0. The molecule has 8 heteroatoms. The Morgan fingerprint density at radius 3 is 2.96 bits per heavy atom. The number of benzene rings is 1. The number of carbonyl (C=O) groups excluding carboxylic acids is 2. The molecule has 0 aliphatic carbocycles. The van der Waals surface area contributed by atoms with Crippen molar-refractivity contribution in [3.8, 4) is 0 Å². The van der Waals surface area contributed by atoms with Gasteiger partial charge in [0.2, 0.25) is 5.91 Å². The Morgan fingerprint density at radius 1 is 1.33 bits per heavy atom. The van der Waals surface area contributed by atoms with E-state index in [4.69, 9.17) is 4.74 Å². The summed E-state index contributed by atoms with van der Waals surface area (Å²) in [5.41, 5.74) is 1.43. The molecule has 2 amide bonds. The fourth-order valence-corrected chi connectivity index (χ4v) is 2.52. The zero-order chi connectivity index (χ0) is 16.9. The molecule has 24 heavy (non-hydrogen) atoms. The van der Waals surface area contributed by atoms with E-state index in [-0.39, 0.29) is 30.4 Å². The van der Waals surface area contributed by atoms with Crippen molar-refractivity contribution in [2.45, 2.75) is 12.8 Å². The zero-order valence-electron chi connectivity index (χ0n) is 13.1. The van der Waals surface area contributed by atoms with Crippen molar-refractivity contribution in [3.05, 3.63) is 40.3 Å². The number of ether oxygens (including phenoxy) is 1. The number of fused-ring (bicyclic) bond motifs is 1. The summed E-state index contributed by atoms with van der Waals surface area (Å²) in [5, 5.41) is 2.73. The number of amides is 2. The number of H-pyrrole nitrogens is 1. The van der Waals surface area contributed by atoms with Gasteiger partial charge in [-0.25, -0.2) is 9.78 Å². The highest BCUT2D eigenvalue weighted by molar-refractivity contribution is 5.76.